The van der Waals surface area contributed by atoms with Crippen LogP contribution in [0, 0.1) is 23.7 Å². The van der Waals surface area contributed by atoms with Gasteiger partial charge in [-0.1, -0.05) is 83.1 Å². The Labute approximate surface area is 163 Å². The molecule has 0 heterocycles. The zero-order valence-corrected chi connectivity index (χ0v) is 17.5. The van der Waals surface area contributed by atoms with Gasteiger partial charge >= 0.3 is 0 Å². The van der Waals surface area contributed by atoms with Gasteiger partial charge in [0.15, 0.2) is 0 Å². The van der Waals surface area contributed by atoms with E-state index in [0.29, 0.717) is 0 Å². The van der Waals surface area contributed by atoms with Crippen LogP contribution in [-0.4, -0.2) is 0 Å². The SMILES string of the molecule is CCCc1ccc(CC[C@H]2CC[C@H]([C@H]3CC[C@H](CCC)CC3)CC2)cc1. The van der Waals surface area contributed by atoms with E-state index in [1.54, 1.807) is 18.4 Å². The first-order valence-electron chi connectivity index (χ1n) is 11.9. The van der Waals surface area contributed by atoms with Crippen molar-refractivity contribution in [1.29, 1.82) is 0 Å². The van der Waals surface area contributed by atoms with Crippen LogP contribution >= 0.6 is 0 Å². The van der Waals surface area contributed by atoms with Crippen molar-refractivity contribution in [3.63, 3.8) is 0 Å². The molecule has 0 saturated heterocycles. The van der Waals surface area contributed by atoms with Gasteiger partial charge < -0.3 is 0 Å². The number of hydrogen-bond donors (Lipinski definition) is 0. The lowest BCUT2D eigenvalue weighted by Crippen LogP contribution is -2.26. The summed E-state index contributed by atoms with van der Waals surface area (Å²) >= 11 is 0. The summed E-state index contributed by atoms with van der Waals surface area (Å²) in [4.78, 5) is 0. The molecule has 1 aromatic rings. The molecule has 2 aliphatic rings. The lowest BCUT2D eigenvalue weighted by Gasteiger charge is -2.38. The van der Waals surface area contributed by atoms with E-state index in [2.05, 4.69) is 38.1 Å². The fourth-order valence-corrected chi connectivity index (χ4v) is 5.84. The van der Waals surface area contributed by atoms with E-state index in [9.17, 15) is 0 Å². The Bertz CT molecular complexity index is 483. The monoisotopic (exact) mass is 354 g/mol. The van der Waals surface area contributed by atoms with Gasteiger partial charge in [-0.15, -0.1) is 0 Å². The molecule has 0 aliphatic heterocycles. The second kappa shape index (κ2) is 10.5. The molecule has 0 nitrogen and oxygen atoms in total. The molecule has 3 rings (SSSR count). The van der Waals surface area contributed by atoms with Crippen LogP contribution in [0.15, 0.2) is 24.3 Å². The zero-order chi connectivity index (χ0) is 18.2. The highest BCUT2D eigenvalue weighted by molar-refractivity contribution is 5.22. The molecule has 146 valence electrons. The van der Waals surface area contributed by atoms with Gasteiger partial charge in [0, 0.05) is 0 Å². The standard InChI is InChI=1S/C26H42/c1-3-5-21-7-9-23(10-8-21)11-12-24-15-19-26(20-16-24)25-17-13-22(6-4-2)14-18-25/h7-10,22,24-26H,3-6,11-20H2,1-2H3/t22-,24-,25-,26-. The van der Waals surface area contributed by atoms with Gasteiger partial charge in [0.25, 0.3) is 0 Å². The van der Waals surface area contributed by atoms with Crippen LogP contribution in [0.2, 0.25) is 0 Å². The normalized spacial score (nSPS) is 29.6. The molecule has 0 radical (unpaired) electrons. The van der Waals surface area contributed by atoms with Crippen molar-refractivity contribution in [3.05, 3.63) is 35.4 Å². The maximum Gasteiger partial charge on any atom is -0.0276 e. The minimum atomic E-state index is 0.998. The Hall–Kier alpha value is -0.780. The van der Waals surface area contributed by atoms with Crippen molar-refractivity contribution in [1.82, 2.24) is 0 Å². The molecule has 0 unspecified atom stereocenters. The van der Waals surface area contributed by atoms with E-state index < -0.39 is 0 Å². The minimum absolute atomic E-state index is 0.998. The number of hydrogen-bond acceptors (Lipinski definition) is 0. The molecule has 2 saturated carbocycles. The molecule has 0 bridgehead atoms. The first-order valence-corrected chi connectivity index (χ1v) is 11.9. The predicted molar refractivity (Wildman–Crippen MR) is 115 cm³/mol. The van der Waals surface area contributed by atoms with Gasteiger partial charge in [-0.2, -0.15) is 0 Å². The third-order valence-corrected chi connectivity index (χ3v) is 7.55. The number of aryl methyl sites for hydroxylation is 2. The van der Waals surface area contributed by atoms with Gasteiger partial charge in [-0.25, -0.2) is 0 Å². The van der Waals surface area contributed by atoms with Crippen molar-refractivity contribution in [2.45, 2.75) is 104 Å². The highest BCUT2D eigenvalue weighted by Gasteiger charge is 2.30. The maximum atomic E-state index is 2.38. The molecule has 2 fully saturated rings. The molecule has 0 heteroatoms. The summed E-state index contributed by atoms with van der Waals surface area (Å²) in [5.74, 6) is 4.21. The quantitative estimate of drug-likeness (QED) is 0.444. The van der Waals surface area contributed by atoms with Crippen molar-refractivity contribution in [2.24, 2.45) is 23.7 Å². The predicted octanol–water partition coefficient (Wildman–Crippen LogP) is 7.98. The van der Waals surface area contributed by atoms with Crippen LogP contribution in [-0.2, 0) is 12.8 Å². The first-order chi connectivity index (χ1) is 12.8. The van der Waals surface area contributed by atoms with Crippen LogP contribution < -0.4 is 0 Å². The third kappa shape index (κ3) is 5.86. The summed E-state index contributed by atoms with van der Waals surface area (Å²) in [7, 11) is 0. The Morgan fingerprint density at radius 3 is 1.50 bits per heavy atom. The van der Waals surface area contributed by atoms with Crippen LogP contribution in [0.4, 0.5) is 0 Å². The fraction of sp³-hybridized carbons (Fsp3) is 0.769. The van der Waals surface area contributed by atoms with Gasteiger partial charge in [0.1, 0.15) is 0 Å². The van der Waals surface area contributed by atoms with Crippen molar-refractivity contribution in [2.75, 3.05) is 0 Å². The highest BCUT2D eigenvalue weighted by atomic mass is 14.4. The molecule has 0 atom stereocenters. The average Bonchev–Trinajstić information content (AvgIpc) is 2.69. The van der Waals surface area contributed by atoms with Crippen LogP contribution in [0.1, 0.15) is 102 Å². The van der Waals surface area contributed by atoms with E-state index in [1.807, 2.05) is 0 Å². The Morgan fingerprint density at radius 1 is 0.577 bits per heavy atom. The maximum absolute atomic E-state index is 2.38. The van der Waals surface area contributed by atoms with Crippen molar-refractivity contribution in [3.8, 4) is 0 Å². The smallest absolute Gasteiger partial charge is 0.0276 e. The Kier molecular flexibility index (Phi) is 8.08. The molecule has 0 N–H and O–H groups in total. The molecule has 26 heavy (non-hydrogen) atoms. The molecule has 2 aliphatic carbocycles. The van der Waals surface area contributed by atoms with E-state index in [-0.39, 0.29) is 0 Å². The second-order valence-electron chi connectivity index (χ2n) is 9.46. The summed E-state index contributed by atoms with van der Waals surface area (Å²) in [5, 5.41) is 0. The largest absolute Gasteiger partial charge is 0.0654 e. The van der Waals surface area contributed by atoms with E-state index >= 15 is 0 Å². The lowest BCUT2D eigenvalue weighted by atomic mass is 9.68. The van der Waals surface area contributed by atoms with Crippen LogP contribution in [0.25, 0.3) is 0 Å². The highest BCUT2D eigenvalue weighted by Crippen LogP contribution is 2.42. The average molecular weight is 355 g/mol. The van der Waals surface area contributed by atoms with Crippen molar-refractivity contribution < 1.29 is 0 Å². The van der Waals surface area contributed by atoms with E-state index in [0.717, 1.165) is 23.7 Å². The summed E-state index contributed by atoms with van der Waals surface area (Å²) in [6, 6.07) is 9.46. The minimum Gasteiger partial charge on any atom is -0.0654 e. The second-order valence-corrected chi connectivity index (χ2v) is 9.46. The Balaban J connectivity index is 1.35. The van der Waals surface area contributed by atoms with Crippen LogP contribution in [0.3, 0.4) is 0 Å². The van der Waals surface area contributed by atoms with Gasteiger partial charge in [0.05, 0.1) is 0 Å². The zero-order valence-electron chi connectivity index (χ0n) is 17.5. The number of benzene rings is 1. The lowest BCUT2D eigenvalue weighted by molar-refractivity contribution is 0.141. The summed E-state index contributed by atoms with van der Waals surface area (Å²) in [5.41, 5.74) is 3.06. The van der Waals surface area contributed by atoms with Gasteiger partial charge in [-0.3, -0.25) is 0 Å². The summed E-state index contributed by atoms with van der Waals surface area (Å²) < 4.78 is 0. The molecular formula is C26H42. The fourth-order valence-electron chi connectivity index (χ4n) is 5.84. The molecule has 0 aromatic heterocycles. The first kappa shape index (κ1) is 20.0. The van der Waals surface area contributed by atoms with E-state index in [4.69, 9.17) is 0 Å². The third-order valence-electron chi connectivity index (χ3n) is 7.55. The molecular weight excluding hydrogens is 312 g/mol. The van der Waals surface area contributed by atoms with Gasteiger partial charge in [0.2, 0.25) is 0 Å². The molecule has 0 spiro atoms. The summed E-state index contributed by atoms with van der Waals surface area (Å²) in [6.45, 7) is 4.62. The molecule has 0 amide bonds. The summed E-state index contributed by atoms with van der Waals surface area (Å²) in [6.07, 6.45) is 20.3. The number of rotatable bonds is 8. The van der Waals surface area contributed by atoms with Gasteiger partial charge in [-0.05, 0) is 79.7 Å². The van der Waals surface area contributed by atoms with Crippen molar-refractivity contribution >= 4 is 0 Å². The topological polar surface area (TPSA) is 0 Å². The van der Waals surface area contributed by atoms with Crippen LogP contribution in [0.5, 0.6) is 0 Å². The Morgan fingerprint density at radius 2 is 1.04 bits per heavy atom. The van der Waals surface area contributed by atoms with E-state index in [1.165, 1.54) is 82.6 Å². The molecule has 1 aromatic carbocycles.